The van der Waals surface area contributed by atoms with E-state index in [0.717, 1.165) is 6.07 Å². The molecule has 0 radical (unpaired) electrons. The maximum absolute atomic E-state index is 13.5. The second-order valence-electron chi connectivity index (χ2n) is 8.66. The fourth-order valence-electron chi connectivity index (χ4n) is 4.27. The van der Waals surface area contributed by atoms with Gasteiger partial charge in [0.15, 0.2) is 0 Å². The molecule has 0 unspecified atom stereocenters. The van der Waals surface area contributed by atoms with Crippen LogP contribution in [0.3, 0.4) is 0 Å². The van der Waals surface area contributed by atoms with Crippen molar-refractivity contribution >= 4 is 11.6 Å². The van der Waals surface area contributed by atoms with Crippen LogP contribution in [0.5, 0.6) is 11.5 Å². The second kappa shape index (κ2) is 10.2. The molecule has 0 aliphatic carbocycles. The lowest BCUT2D eigenvalue weighted by molar-refractivity contribution is -0.376. The van der Waals surface area contributed by atoms with E-state index in [1.54, 1.807) is 24.3 Å². The molecule has 1 aliphatic rings. The molecule has 2 heterocycles. The molecular weight excluding hydrogens is 518 g/mol. The van der Waals surface area contributed by atoms with Crippen LogP contribution < -0.4 is 14.4 Å². The number of anilines is 1. The predicted molar refractivity (Wildman–Crippen MR) is 124 cm³/mol. The number of benzene rings is 2. The van der Waals surface area contributed by atoms with Gasteiger partial charge in [0.05, 0.1) is 19.2 Å². The summed E-state index contributed by atoms with van der Waals surface area (Å²) in [4.78, 5) is 18.6. The van der Waals surface area contributed by atoms with Crippen LogP contribution in [0.2, 0.25) is 0 Å². The van der Waals surface area contributed by atoms with E-state index in [4.69, 9.17) is 9.47 Å². The average Bonchev–Trinajstić information content (AvgIpc) is 3.06. The summed E-state index contributed by atoms with van der Waals surface area (Å²) in [7, 11) is 1.47. The number of carbonyl (C=O) groups is 1. The molecule has 12 heteroatoms. The van der Waals surface area contributed by atoms with Crippen molar-refractivity contribution in [2.24, 2.45) is 0 Å². The molecule has 0 saturated heterocycles. The molecule has 0 spiro atoms. The smallest absolute Gasteiger partial charge is 0.430 e. The zero-order valence-electron chi connectivity index (χ0n) is 19.9. The summed E-state index contributed by atoms with van der Waals surface area (Å²) >= 11 is 0. The highest BCUT2D eigenvalue weighted by atomic mass is 19.4. The first-order chi connectivity index (χ1) is 17.8. The number of amides is 1. The Bertz CT molecular complexity index is 1280. The number of nitrogens with zero attached hydrogens (tertiary/aromatic N) is 2. The Hall–Kier alpha value is -3.80. The van der Waals surface area contributed by atoms with Crippen LogP contribution in [-0.4, -0.2) is 48.1 Å². The zero-order valence-corrected chi connectivity index (χ0v) is 19.9. The number of hydrogen-bond donors (Lipinski definition) is 1. The molecule has 1 N–H and O–H groups in total. The van der Waals surface area contributed by atoms with Gasteiger partial charge in [-0.1, -0.05) is 18.2 Å². The van der Waals surface area contributed by atoms with Gasteiger partial charge in [-0.15, -0.1) is 0 Å². The highest BCUT2D eigenvalue weighted by molar-refractivity contribution is 6.06. The van der Waals surface area contributed by atoms with Gasteiger partial charge in [-0.3, -0.25) is 9.78 Å². The van der Waals surface area contributed by atoms with Gasteiger partial charge in [0.1, 0.15) is 17.6 Å². The molecule has 3 aromatic rings. The van der Waals surface area contributed by atoms with Crippen molar-refractivity contribution in [3.8, 4) is 11.5 Å². The number of halogens is 6. The number of aryl methyl sites for hydroxylation is 1. The van der Waals surface area contributed by atoms with E-state index in [1.807, 2.05) is 0 Å². The van der Waals surface area contributed by atoms with Gasteiger partial charge in [-0.25, -0.2) is 0 Å². The van der Waals surface area contributed by atoms with E-state index in [0.29, 0.717) is 23.6 Å². The molecule has 1 amide bonds. The van der Waals surface area contributed by atoms with Gasteiger partial charge >= 0.3 is 12.4 Å². The van der Waals surface area contributed by atoms with Crippen LogP contribution in [0.15, 0.2) is 67.0 Å². The second-order valence-corrected chi connectivity index (χ2v) is 8.66. The maximum Gasteiger partial charge on any atom is 0.430 e. The Labute approximate surface area is 213 Å². The summed E-state index contributed by atoms with van der Waals surface area (Å²) < 4.78 is 92.3. The Morgan fingerprint density at radius 2 is 1.71 bits per heavy atom. The van der Waals surface area contributed by atoms with Crippen molar-refractivity contribution in [2.75, 3.05) is 18.6 Å². The van der Waals surface area contributed by atoms with Crippen molar-refractivity contribution in [3.63, 3.8) is 0 Å². The lowest BCUT2D eigenvalue weighted by Gasteiger charge is -2.33. The van der Waals surface area contributed by atoms with E-state index >= 15 is 0 Å². The third kappa shape index (κ3) is 5.13. The average molecular weight is 540 g/mol. The normalized spacial score (nSPS) is 16.4. The third-order valence-corrected chi connectivity index (χ3v) is 6.23. The number of methoxy groups -OCH3 is 1. The van der Waals surface area contributed by atoms with E-state index in [1.165, 1.54) is 36.5 Å². The first-order valence-corrected chi connectivity index (χ1v) is 11.4. The van der Waals surface area contributed by atoms with E-state index in [-0.39, 0.29) is 36.2 Å². The first kappa shape index (κ1) is 27.2. The minimum Gasteiger partial charge on any atom is -0.497 e. The number of rotatable bonds is 5. The number of ether oxygens (including phenoxy) is 2. The summed E-state index contributed by atoms with van der Waals surface area (Å²) in [5.41, 5.74) is -6.20. The molecule has 202 valence electrons. The minimum absolute atomic E-state index is 0.0170. The van der Waals surface area contributed by atoms with Crippen LogP contribution in [0.25, 0.3) is 0 Å². The monoisotopic (exact) mass is 540 g/mol. The number of pyridine rings is 1. The maximum atomic E-state index is 13.5. The highest BCUT2D eigenvalue weighted by Crippen LogP contribution is 2.50. The van der Waals surface area contributed by atoms with Crippen LogP contribution in [0, 0.1) is 0 Å². The Morgan fingerprint density at radius 1 is 1.00 bits per heavy atom. The van der Waals surface area contributed by atoms with Crippen LogP contribution in [0.4, 0.5) is 32.0 Å². The van der Waals surface area contributed by atoms with E-state index in [2.05, 4.69) is 4.98 Å². The molecule has 4 rings (SSSR count). The van der Waals surface area contributed by atoms with Crippen molar-refractivity contribution in [2.45, 2.75) is 36.9 Å². The van der Waals surface area contributed by atoms with E-state index < -0.39 is 35.5 Å². The standard InChI is InChI=1S/C26H22F6N2O4/c1-37-19-5-2-6-20(13-19)38-21-9-7-16-12-18(24(36,25(27,28)29)26(30,31)32)8-10-22(16)34(15-21)23(35)17-4-3-11-33-14-17/h2-6,8,10-14,21,36H,7,9,15H2,1H3/t21-/m0/s1. The molecule has 0 bridgehead atoms. The number of fused-ring (bicyclic) bond motifs is 1. The highest BCUT2D eigenvalue weighted by Gasteiger charge is 2.71. The number of aromatic nitrogens is 1. The van der Waals surface area contributed by atoms with Gasteiger partial charge in [0, 0.05) is 29.7 Å². The van der Waals surface area contributed by atoms with Crippen molar-refractivity contribution in [3.05, 3.63) is 83.7 Å². The minimum atomic E-state index is -6.03. The molecule has 0 fully saturated rings. The Balaban J connectivity index is 1.77. The molecule has 0 saturated carbocycles. The molecular formula is C26H22F6N2O4. The van der Waals surface area contributed by atoms with E-state index in [9.17, 15) is 36.2 Å². The zero-order chi connectivity index (χ0) is 27.7. The summed E-state index contributed by atoms with van der Waals surface area (Å²) in [6, 6.07) is 11.8. The summed E-state index contributed by atoms with van der Waals surface area (Å²) in [5.74, 6) is 0.333. The summed E-state index contributed by atoms with van der Waals surface area (Å²) in [6.45, 7) is -0.0555. The molecule has 1 aliphatic heterocycles. The van der Waals surface area contributed by atoms with Gasteiger partial charge in [0.2, 0.25) is 0 Å². The number of carbonyl (C=O) groups excluding carboxylic acids is 1. The molecule has 2 aromatic carbocycles. The Morgan fingerprint density at radius 3 is 2.34 bits per heavy atom. The summed E-state index contributed by atoms with van der Waals surface area (Å²) in [6.07, 6.45) is -9.88. The molecule has 1 aromatic heterocycles. The lowest BCUT2D eigenvalue weighted by atomic mass is 9.89. The number of alkyl halides is 6. The first-order valence-electron chi connectivity index (χ1n) is 11.4. The molecule has 1 atom stereocenters. The van der Waals surface area contributed by atoms with Gasteiger partial charge < -0.3 is 19.5 Å². The van der Waals surface area contributed by atoms with Crippen LogP contribution >= 0.6 is 0 Å². The Kier molecular flexibility index (Phi) is 7.29. The SMILES string of the molecule is COc1cccc(O[C@H]2CCc3cc(C(O)(C(F)(F)F)C(F)(F)F)ccc3N(C(=O)c3cccnc3)C2)c1. The number of aliphatic hydroxyl groups is 1. The van der Waals surface area contributed by atoms with Crippen molar-refractivity contribution in [1.29, 1.82) is 0 Å². The van der Waals surface area contributed by atoms with Gasteiger partial charge in [-0.2, -0.15) is 26.3 Å². The molecule has 6 nitrogen and oxygen atoms in total. The fraction of sp³-hybridized carbons (Fsp3) is 0.308. The lowest BCUT2D eigenvalue weighted by Crippen LogP contribution is -2.54. The summed E-state index contributed by atoms with van der Waals surface area (Å²) in [5, 5.41) is 9.90. The van der Waals surface area contributed by atoms with Gasteiger partial charge in [0.25, 0.3) is 11.5 Å². The van der Waals surface area contributed by atoms with Crippen molar-refractivity contribution < 1.29 is 45.7 Å². The van der Waals surface area contributed by atoms with Crippen LogP contribution in [0.1, 0.15) is 27.9 Å². The van der Waals surface area contributed by atoms with Gasteiger partial charge in [-0.05, 0) is 48.7 Å². The van der Waals surface area contributed by atoms with Crippen LogP contribution in [-0.2, 0) is 12.0 Å². The number of hydrogen-bond acceptors (Lipinski definition) is 5. The largest absolute Gasteiger partial charge is 0.497 e. The van der Waals surface area contributed by atoms with Crippen molar-refractivity contribution in [1.82, 2.24) is 4.98 Å². The molecule has 38 heavy (non-hydrogen) atoms. The topological polar surface area (TPSA) is 71.9 Å². The fourth-order valence-corrected chi connectivity index (χ4v) is 4.27. The predicted octanol–water partition coefficient (Wildman–Crippen LogP) is 5.44. The third-order valence-electron chi connectivity index (χ3n) is 6.23. The quantitative estimate of drug-likeness (QED) is 0.437.